The number of hydrogen-bond donors (Lipinski definition) is 1. The molecule has 1 rings (SSSR count). The fourth-order valence-electron chi connectivity index (χ4n) is 0.957. The molecule has 0 unspecified atom stereocenters. The first-order valence-corrected chi connectivity index (χ1v) is 4.94. The second-order valence-electron chi connectivity index (χ2n) is 3.80. The van der Waals surface area contributed by atoms with Gasteiger partial charge in [0.25, 0.3) is 0 Å². The zero-order valence-electron chi connectivity index (χ0n) is 10.3. The summed E-state index contributed by atoms with van der Waals surface area (Å²) < 4.78 is 0. The van der Waals surface area contributed by atoms with Gasteiger partial charge >= 0.3 is 0 Å². The predicted octanol–water partition coefficient (Wildman–Crippen LogP) is 0.724. The van der Waals surface area contributed by atoms with Crippen LogP contribution in [0.3, 0.4) is 0 Å². The van der Waals surface area contributed by atoms with Crippen LogP contribution in [0.4, 0.5) is 11.6 Å². The van der Waals surface area contributed by atoms with E-state index in [4.69, 9.17) is 5.26 Å². The fourth-order valence-corrected chi connectivity index (χ4v) is 0.957. The molecule has 0 aromatic carbocycles. The normalized spacial score (nSPS) is 11.0. The topological polar surface area (TPSA) is 83.7 Å². The smallest absolute Gasteiger partial charge is 0.195 e. The lowest BCUT2D eigenvalue weighted by atomic mass is 10.3. The van der Waals surface area contributed by atoms with Crippen molar-refractivity contribution in [2.45, 2.75) is 0 Å². The van der Waals surface area contributed by atoms with E-state index in [2.05, 4.69) is 20.2 Å². The zero-order chi connectivity index (χ0) is 12.8. The van der Waals surface area contributed by atoms with Gasteiger partial charge in [-0.3, -0.25) is 5.10 Å². The van der Waals surface area contributed by atoms with Gasteiger partial charge in [0, 0.05) is 28.2 Å². The van der Waals surface area contributed by atoms with E-state index in [1.54, 1.807) is 22.5 Å². The van der Waals surface area contributed by atoms with E-state index in [1.165, 1.54) is 0 Å². The van der Waals surface area contributed by atoms with Gasteiger partial charge in [-0.25, -0.2) is 9.98 Å². The summed E-state index contributed by atoms with van der Waals surface area (Å²) in [5, 5.41) is 15.6. The van der Waals surface area contributed by atoms with Crippen molar-refractivity contribution in [3.05, 3.63) is 5.56 Å². The van der Waals surface area contributed by atoms with Gasteiger partial charge in [0.1, 0.15) is 11.6 Å². The average Bonchev–Trinajstić information content (AvgIpc) is 2.65. The highest BCUT2D eigenvalue weighted by molar-refractivity contribution is 5.69. The van der Waals surface area contributed by atoms with Gasteiger partial charge in [-0.1, -0.05) is 0 Å². The lowest BCUT2D eigenvalue weighted by Crippen LogP contribution is -2.07. The Morgan fingerprint density at radius 2 is 1.76 bits per heavy atom. The van der Waals surface area contributed by atoms with Gasteiger partial charge in [0.15, 0.2) is 11.6 Å². The fraction of sp³-hybridized carbons (Fsp3) is 0.400. The SMILES string of the molecule is CN(C)C=Nc1n[nH]c(/N=C/N(C)C)c1C#N. The summed E-state index contributed by atoms with van der Waals surface area (Å²) in [6, 6.07) is 2.03. The predicted molar refractivity (Wildman–Crippen MR) is 67.0 cm³/mol. The van der Waals surface area contributed by atoms with E-state index in [0.717, 1.165) is 0 Å². The molecule has 1 heterocycles. The maximum atomic E-state index is 9.03. The lowest BCUT2D eigenvalue weighted by molar-refractivity contribution is 0.643. The highest BCUT2D eigenvalue weighted by Crippen LogP contribution is 2.24. The Morgan fingerprint density at radius 3 is 2.29 bits per heavy atom. The van der Waals surface area contributed by atoms with Crippen molar-refractivity contribution in [2.24, 2.45) is 9.98 Å². The van der Waals surface area contributed by atoms with E-state index in [9.17, 15) is 0 Å². The van der Waals surface area contributed by atoms with Crippen molar-refractivity contribution in [1.82, 2.24) is 20.0 Å². The molecular weight excluding hydrogens is 218 g/mol. The first kappa shape index (κ1) is 12.7. The maximum Gasteiger partial charge on any atom is 0.195 e. The van der Waals surface area contributed by atoms with Gasteiger partial charge in [-0.2, -0.15) is 10.4 Å². The second kappa shape index (κ2) is 5.65. The van der Waals surface area contributed by atoms with E-state index in [-0.39, 0.29) is 0 Å². The number of H-pyrrole nitrogens is 1. The number of aromatic nitrogens is 2. The highest BCUT2D eigenvalue weighted by Gasteiger charge is 2.10. The minimum atomic E-state index is 0.334. The van der Waals surface area contributed by atoms with Crippen molar-refractivity contribution in [2.75, 3.05) is 28.2 Å². The number of hydrogen-bond acceptors (Lipinski definition) is 4. The van der Waals surface area contributed by atoms with E-state index in [0.29, 0.717) is 17.2 Å². The molecule has 0 aliphatic carbocycles. The van der Waals surface area contributed by atoms with Crippen LogP contribution in [-0.2, 0) is 0 Å². The molecule has 0 aliphatic rings. The van der Waals surface area contributed by atoms with Gasteiger partial charge in [0.05, 0.1) is 12.7 Å². The molecule has 7 heteroatoms. The molecule has 7 nitrogen and oxygen atoms in total. The zero-order valence-corrected chi connectivity index (χ0v) is 10.3. The molecular formula is C10H15N7. The number of aliphatic imine (C=N–C) groups is 2. The summed E-state index contributed by atoms with van der Waals surface area (Å²) in [5.41, 5.74) is 0.334. The maximum absolute atomic E-state index is 9.03. The molecule has 17 heavy (non-hydrogen) atoms. The van der Waals surface area contributed by atoms with E-state index in [1.807, 2.05) is 34.3 Å². The molecule has 0 aliphatic heterocycles. The number of nitriles is 1. The largest absolute Gasteiger partial charge is 0.369 e. The molecule has 1 aromatic rings. The number of nitrogens with zero attached hydrogens (tertiary/aromatic N) is 6. The quantitative estimate of drug-likeness (QED) is 0.613. The van der Waals surface area contributed by atoms with Crippen LogP contribution in [0.1, 0.15) is 5.56 Å². The van der Waals surface area contributed by atoms with Crippen LogP contribution in [0.15, 0.2) is 9.98 Å². The van der Waals surface area contributed by atoms with Crippen LogP contribution in [0, 0.1) is 11.3 Å². The molecule has 0 saturated carbocycles. The van der Waals surface area contributed by atoms with Crippen LogP contribution in [0.5, 0.6) is 0 Å². The second-order valence-corrected chi connectivity index (χ2v) is 3.80. The number of nitrogens with one attached hydrogen (secondary N) is 1. The molecule has 1 aromatic heterocycles. The standard InChI is InChI=1S/C10H15N7/c1-16(2)6-12-9-8(5-11)10(15-14-9)13-7-17(3)4/h6-7H,1-4H3,(H,14,15)/b12-6+,13-7?. The molecule has 0 bridgehead atoms. The third kappa shape index (κ3) is 3.61. The molecule has 0 spiro atoms. The average molecular weight is 233 g/mol. The van der Waals surface area contributed by atoms with E-state index >= 15 is 0 Å². The van der Waals surface area contributed by atoms with E-state index < -0.39 is 0 Å². The van der Waals surface area contributed by atoms with Crippen molar-refractivity contribution in [3.8, 4) is 6.07 Å². The third-order valence-electron chi connectivity index (χ3n) is 1.67. The Morgan fingerprint density at radius 1 is 1.18 bits per heavy atom. The monoisotopic (exact) mass is 233 g/mol. The van der Waals surface area contributed by atoms with Crippen molar-refractivity contribution in [3.63, 3.8) is 0 Å². The van der Waals surface area contributed by atoms with Crippen LogP contribution >= 0.6 is 0 Å². The minimum absolute atomic E-state index is 0.334. The molecule has 0 radical (unpaired) electrons. The summed E-state index contributed by atoms with van der Waals surface area (Å²) in [4.78, 5) is 11.7. The first-order valence-electron chi connectivity index (χ1n) is 4.94. The Kier molecular flexibility index (Phi) is 4.22. The Labute approximate surface area is 100 Å². The van der Waals surface area contributed by atoms with Gasteiger partial charge < -0.3 is 9.80 Å². The van der Waals surface area contributed by atoms with Gasteiger partial charge in [0.2, 0.25) is 0 Å². The summed E-state index contributed by atoms with van der Waals surface area (Å²) in [6.45, 7) is 0. The third-order valence-corrected chi connectivity index (χ3v) is 1.67. The van der Waals surface area contributed by atoms with Crippen LogP contribution < -0.4 is 0 Å². The molecule has 90 valence electrons. The highest BCUT2D eigenvalue weighted by atomic mass is 15.2. The van der Waals surface area contributed by atoms with Crippen molar-refractivity contribution in [1.29, 1.82) is 5.26 Å². The van der Waals surface area contributed by atoms with Crippen molar-refractivity contribution < 1.29 is 0 Å². The Bertz CT molecular complexity index is 426. The van der Waals surface area contributed by atoms with Crippen LogP contribution in [0.25, 0.3) is 0 Å². The van der Waals surface area contributed by atoms with Gasteiger partial charge in [-0.05, 0) is 0 Å². The van der Waals surface area contributed by atoms with Crippen LogP contribution in [-0.4, -0.2) is 60.9 Å². The summed E-state index contributed by atoms with van der Waals surface area (Å²) in [6.07, 6.45) is 3.17. The number of rotatable bonds is 4. The molecule has 0 fully saturated rings. The van der Waals surface area contributed by atoms with Crippen LogP contribution in [0.2, 0.25) is 0 Å². The molecule has 0 saturated heterocycles. The lowest BCUT2D eigenvalue weighted by Gasteiger charge is -2.01. The molecule has 1 N–H and O–H groups in total. The summed E-state index contributed by atoms with van der Waals surface area (Å²) >= 11 is 0. The minimum Gasteiger partial charge on any atom is -0.369 e. The Balaban J connectivity index is 3.00. The number of aromatic amines is 1. The summed E-state index contributed by atoms with van der Waals surface area (Å²) in [7, 11) is 7.37. The molecule has 0 amide bonds. The van der Waals surface area contributed by atoms with Gasteiger partial charge in [-0.15, -0.1) is 0 Å². The summed E-state index contributed by atoms with van der Waals surface area (Å²) in [5.74, 6) is 0.749. The van der Waals surface area contributed by atoms with Crippen molar-refractivity contribution >= 4 is 24.3 Å². The Hall–Kier alpha value is -2.36. The first-order chi connectivity index (χ1) is 8.04. The molecule has 0 atom stereocenters.